The van der Waals surface area contributed by atoms with Crippen molar-refractivity contribution in [3.05, 3.63) is 23.8 Å². The van der Waals surface area contributed by atoms with Gasteiger partial charge in [-0.3, -0.25) is 9.59 Å². The number of allylic oxidation sites excluding steroid dienone is 3. The lowest BCUT2D eigenvalue weighted by molar-refractivity contribution is -0.121. The number of Topliss-reactive ketones (excluding diaryl/α,β-unsaturated/α-hetero) is 2. The first-order valence-corrected chi connectivity index (χ1v) is 16.0. The van der Waals surface area contributed by atoms with E-state index in [2.05, 4.69) is 45.4 Å². The second-order valence-electron chi connectivity index (χ2n) is 8.60. The van der Waals surface area contributed by atoms with Gasteiger partial charge in [0.05, 0.1) is 12.7 Å². The topological polar surface area (TPSA) is 52.6 Å². The van der Waals surface area contributed by atoms with Crippen molar-refractivity contribution in [2.24, 2.45) is 0 Å². The summed E-state index contributed by atoms with van der Waals surface area (Å²) < 4.78 is 11.6. The van der Waals surface area contributed by atoms with Crippen molar-refractivity contribution in [1.29, 1.82) is 0 Å². The van der Waals surface area contributed by atoms with E-state index in [0.29, 0.717) is 19.3 Å². The van der Waals surface area contributed by atoms with E-state index in [1.807, 2.05) is 12.2 Å². The molecule has 0 amide bonds. The summed E-state index contributed by atoms with van der Waals surface area (Å²) in [6.45, 7) is 12.9. The maximum Gasteiger partial charge on any atom is 0.184 e. The Labute approximate surface area is 154 Å². The minimum atomic E-state index is -1.61. The van der Waals surface area contributed by atoms with Gasteiger partial charge in [0.2, 0.25) is 0 Å². The van der Waals surface area contributed by atoms with Crippen LogP contribution in [0.15, 0.2) is 23.8 Å². The molecule has 0 bridgehead atoms. The Morgan fingerprint density at radius 2 is 1.84 bits per heavy atom. The minimum absolute atomic E-state index is 0.0356. The van der Waals surface area contributed by atoms with Crippen molar-refractivity contribution in [3.63, 3.8) is 0 Å². The van der Waals surface area contributed by atoms with Crippen molar-refractivity contribution >= 4 is 28.2 Å². The Kier molecular flexibility index (Phi) is 8.67. The van der Waals surface area contributed by atoms with E-state index in [1.54, 1.807) is 0 Å². The zero-order valence-corrected chi connectivity index (χ0v) is 18.7. The number of unbranched alkanes of at least 4 members (excludes halogenated alkanes) is 1. The molecule has 0 saturated heterocycles. The van der Waals surface area contributed by atoms with Gasteiger partial charge in [0.25, 0.3) is 0 Å². The fraction of sp³-hybridized carbons (Fsp3) is 0.684. The van der Waals surface area contributed by atoms with Crippen molar-refractivity contribution in [2.45, 2.75) is 77.5 Å². The third-order valence-corrected chi connectivity index (χ3v) is 5.65. The SMILES string of the molecule is C[Si](C)(C)OCC(=O)CCCC=CCC1=C[C@H](O[Si](C)(C)C)CC1=O. The maximum absolute atomic E-state index is 12.0. The van der Waals surface area contributed by atoms with Crippen LogP contribution in [0.2, 0.25) is 39.3 Å². The number of ketones is 2. The molecule has 1 rings (SSSR count). The van der Waals surface area contributed by atoms with Crippen molar-refractivity contribution in [1.82, 2.24) is 0 Å². The van der Waals surface area contributed by atoms with Crippen molar-refractivity contribution < 1.29 is 18.4 Å². The molecule has 0 aromatic carbocycles. The Balaban J connectivity index is 2.24. The van der Waals surface area contributed by atoms with E-state index in [9.17, 15) is 9.59 Å². The van der Waals surface area contributed by atoms with Crippen molar-refractivity contribution in [3.8, 4) is 0 Å². The molecule has 0 heterocycles. The molecule has 0 saturated carbocycles. The monoisotopic (exact) mass is 382 g/mol. The van der Waals surface area contributed by atoms with Gasteiger partial charge in [-0.15, -0.1) is 0 Å². The molecule has 4 nitrogen and oxygen atoms in total. The third-order valence-electron chi connectivity index (χ3n) is 3.63. The quantitative estimate of drug-likeness (QED) is 0.297. The Morgan fingerprint density at radius 1 is 1.16 bits per heavy atom. The molecule has 6 heteroatoms. The fourth-order valence-electron chi connectivity index (χ4n) is 2.52. The van der Waals surface area contributed by atoms with Crippen molar-refractivity contribution in [2.75, 3.05) is 6.61 Å². The van der Waals surface area contributed by atoms with Gasteiger partial charge < -0.3 is 8.85 Å². The predicted molar refractivity (Wildman–Crippen MR) is 108 cm³/mol. The molecule has 0 N–H and O–H groups in total. The highest BCUT2D eigenvalue weighted by Gasteiger charge is 2.28. The molecule has 25 heavy (non-hydrogen) atoms. The molecule has 142 valence electrons. The van der Waals surface area contributed by atoms with E-state index in [0.717, 1.165) is 18.4 Å². The first kappa shape index (κ1) is 22.2. The van der Waals surface area contributed by atoms with Gasteiger partial charge in [0, 0.05) is 12.8 Å². The summed E-state index contributed by atoms with van der Waals surface area (Å²) in [6, 6.07) is 0. The van der Waals surface area contributed by atoms with Gasteiger partial charge in [-0.1, -0.05) is 12.2 Å². The average molecular weight is 383 g/mol. The molecule has 0 fully saturated rings. The summed E-state index contributed by atoms with van der Waals surface area (Å²) in [7, 11) is -3.22. The molecule has 1 aliphatic carbocycles. The van der Waals surface area contributed by atoms with Gasteiger partial charge in [0.15, 0.2) is 28.2 Å². The summed E-state index contributed by atoms with van der Waals surface area (Å²) >= 11 is 0. The highest BCUT2D eigenvalue weighted by Crippen LogP contribution is 2.23. The Morgan fingerprint density at radius 3 is 2.44 bits per heavy atom. The van der Waals surface area contributed by atoms with E-state index >= 15 is 0 Å². The van der Waals surface area contributed by atoms with Crippen LogP contribution in [-0.2, 0) is 18.4 Å². The van der Waals surface area contributed by atoms with Crippen LogP contribution in [0.5, 0.6) is 0 Å². The van der Waals surface area contributed by atoms with Crippen LogP contribution >= 0.6 is 0 Å². The fourth-order valence-corrected chi connectivity index (χ4v) is 4.17. The number of carbonyl (C=O) groups excluding carboxylic acids is 2. The lowest BCUT2D eigenvalue weighted by Crippen LogP contribution is -2.30. The lowest BCUT2D eigenvalue weighted by Gasteiger charge is -2.21. The molecule has 0 spiro atoms. The van der Waals surface area contributed by atoms with Crippen LogP contribution in [0, 0.1) is 0 Å². The van der Waals surface area contributed by atoms with E-state index in [-0.39, 0.29) is 24.3 Å². The number of hydrogen-bond donors (Lipinski definition) is 0. The molecule has 0 aromatic heterocycles. The Hall–Kier alpha value is -0.826. The lowest BCUT2D eigenvalue weighted by atomic mass is 10.1. The normalized spacial score (nSPS) is 18.9. The van der Waals surface area contributed by atoms with Crippen LogP contribution in [0.25, 0.3) is 0 Å². The van der Waals surface area contributed by atoms with Crippen LogP contribution in [0.1, 0.15) is 32.1 Å². The highest BCUT2D eigenvalue weighted by molar-refractivity contribution is 6.70. The summed E-state index contributed by atoms with van der Waals surface area (Å²) in [4.78, 5) is 23.7. The second-order valence-corrected chi connectivity index (χ2v) is 17.6. The number of hydrogen-bond acceptors (Lipinski definition) is 4. The van der Waals surface area contributed by atoms with E-state index in [4.69, 9.17) is 8.85 Å². The van der Waals surface area contributed by atoms with Crippen LogP contribution in [0.3, 0.4) is 0 Å². The largest absolute Gasteiger partial charge is 0.411 e. The zero-order chi connectivity index (χ0) is 19.1. The second kappa shape index (κ2) is 9.76. The maximum atomic E-state index is 12.0. The summed E-state index contributed by atoms with van der Waals surface area (Å²) in [6.07, 6.45) is 9.44. The highest BCUT2D eigenvalue weighted by atomic mass is 28.4. The predicted octanol–water partition coefficient (Wildman–Crippen LogP) is 4.64. The number of carbonyl (C=O) groups is 2. The molecule has 0 unspecified atom stereocenters. The van der Waals surface area contributed by atoms with Gasteiger partial charge in [-0.25, -0.2) is 0 Å². The van der Waals surface area contributed by atoms with Gasteiger partial charge in [0.1, 0.15) is 0 Å². The molecule has 1 aliphatic rings. The molecule has 0 radical (unpaired) electrons. The van der Waals surface area contributed by atoms with Gasteiger partial charge >= 0.3 is 0 Å². The summed E-state index contributed by atoms with van der Waals surface area (Å²) in [5, 5.41) is 0. The third kappa shape index (κ3) is 10.7. The number of rotatable bonds is 11. The van der Waals surface area contributed by atoms with Gasteiger partial charge in [-0.2, -0.15) is 0 Å². The first-order chi connectivity index (χ1) is 11.5. The average Bonchev–Trinajstić information content (AvgIpc) is 2.77. The standard InChI is InChI=1S/C19H34O4Si2/c1-24(2,3)22-15-17(20)12-10-8-7-9-11-16-13-18(14-19(16)21)23-25(4,5)6/h7,9,13,18H,8,10-12,14-15H2,1-6H3/t18-/m0/s1. The van der Waals surface area contributed by atoms with Crippen LogP contribution in [0.4, 0.5) is 0 Å². The molecule has 0 aromatic rings. The minimum Gasteiger partial charge on any atom is -0.411 e. The zero-order valence-electron chi connectivity index (χ0n) is 16.7. The molecular weight excluding hydrogens is 348 g/mol. The first-order valence-electron chi connectivity index (χ1n) is 9.19. The molecule has 1 atom stereocenters. The van der Waals surface area contributed by atoms with E-state index in [1.165, 1.54) is 0 Å². The van der Waals surface area contributed by atoms with E-state index < -0.39 is 16.6 Å². The Bertz CT molecular complexity index is 525. The molecular formula is C19H34O4Si2. The summed E-state index contributed by atoms with van der Waals surface area (Å²) in [5.41, 5.74) is 0.860. The summed E-state index contributed by atoms with van der Waals surface area (Å²) in [5.74, 6) is 0.377. The molecule has 0 aliphatic heterocycles. The smallest absolute Gasteiger partial charge is 0.184 e. The van der Waals surface area contributed by atoms with Gasteiger partial charge in [-0.05, 0) is 70.2 Å². The van der Waals surface area contributed by atoms with Crippen LogP contribution < -0.4 is 0 Å². The van der Waals surface area contributed by atoms with Crippen LogP contribution in [-0.4, -0.2) is 40.9 Å².